The molecular weight excluding hydrogens is 1500 g/mol. The van der Waals surface area contributed by atoms with Gasteiger partial charge in [-0.1, -0.05) is 205 Å². The SMILES string of the molecule is C=C.O=C(O)CCCCCCCCC(=O)O.O=C(O)CCCCCCCCC(=O)O.O=C(O)CCCCCCCCC(=O)O.O=C(O)CCCCCCCCC(=O)O.O=C(O)CCCCCCCCC(=O)O.O=C(O)CCCCCCCCC(=O)O.O=C(O)CCCCCCCCC(=O)O.O=C(O)CCCCCCCCC(=O)O. The molecule has 0 rings (SSSR count). The molecule has 0 saturated heterocycles. The van der Waals surface area contributed by atoms with Gasteiger partial charge in [-0.2, -0.15) is 0 Å². The summed E-state index contributed by atoms with van der Waals surface area (Å²) in [5, 5.41) is 134. The van der Waals surface area contributed by atoms with Crippen molar-refractivity contribution in [2.45, 2.75) is 411 Å². The highest BCUT2D eigenvalue weighted by atomic mass is 16.4. The quantitative estimate of drug-likeness (QED) is 0.0199. The summed E-state index contributed by atoms with van der Waals surface area (Å²) in [6.45, 7) is 6.00. The van der Waals surface area contributed by atoms with Gasteiger partial charge in [-0.05, 0) is 103 Å². The highest BCUT2D eigenvalue weighted by Crippen LogP contribution is 2.15. The van der Waals surface area contributed by atoms with Crippen LogP contribution in [0.3, 0.4) is 0 Å². The summed E-state index contributed by atoms with van der Waals surface area (Å²) in [5.41, 5.74) is 0. The lowest BCUT2D eigenvalue weighted by Gasteiger charge is -1.98. The molecule has 668 valence electrons. The van der Waals surface area contributed by atoms with Crippen LogP contribution in [-0.4, -0.2) is 177 Å². The predicted octanol–water partition coefficient (Wildman–Crippen LogP) is 19.0. The Kier molecular flexibility index (Phi) is 113. The highest BCUT2D eigenvalue weighted by molar-refractivity contribution is 5.71. The third kappa shape index (κ3) is 172. The maximum absolute atomic E-state index is 10.1. The van der Waals surface area contributed by atoms with E-state index in [1.165, 1.54) is 0 Å². The number of unbranched alkanes of at least 4 members (excludes halogenated alkanes) is 40. The van der Waals surface area contributed by atoms with Crippen molar-refractivity contribution in [3.63, 3.8) is 0 Å². The van der Waals surface area contributed by atoms with E-state index in [-0.39, 0.29) is 103 Å². The fourth-order valence-electron chi connectivity index (χ4n) is 10.1. The molecule has 0 fully saturated rings. The Morgan fingerprint density at radius 3 is 0.167 bits per heavy atom. The third-order valence-electron chi connectivity index (χ3n) is 16.3. The van der Waals surface area contributed by atoms with Gasteiger partial charge in [0.25, 0.3) is 0 Å². The Hall–Kier alpha value is -8.74. The zero-order chi connectivity index (χ0) is 88.5. The minimum Gasteiger partial charge on any atom is -0.481 e. The summed E-state index contributed by atoms with van der Waals surface area (Å²) < 4.78 is 0. The number of carbonyl (C=O) groups is 16. The van der Waals surface area contributed by atoms with Crippen LogP contribution < -0.4 is 0 Å². The van der Waals surface area contributed by atoms with Gasteiger partial charge >= 0.3 is 95.5 Å². The Morgan fingerprint density at radius 2 is 0.132 bits per heavy atom. The maximum atomic E-state index is 10.1. The lowest BCUT2D eigenvalue weighted by atomic mass is 10.1. The van der Waals surface area contributed by atoms with E-state index in [4.69, 9.17) is 81.7 Å². The van der Waals surface area contributed by atoms with Gasteiger partial charge in [-0.3, -0.25) is 76.7 Å². The van der Waals surface area contributed by atoms with Crippen molar-refractivity contribution in [1.82, 2.24) is 0 Å². The van der Waals surface area contributed by atoms with Crippen molar-refractivity contribution in [2.75, 3.05) is 0 Å². The van der Waals surface area contributed by atoms with Crippen LogP contribution in [0.15, 0.2) is 13.2 Å². The van der Waals surface area contributed by atoms with Crippen molar-refractivity contribution in [2.24, 2.45) is 0 Å². The van der Waals surface area contributed by atoms with Crippen LogP contribution in [0.2, 0.25) is 0 Å². The van der Waals surface area contributed by atoms with Gasteiger partial charge in [0.15, 0.2) is 0 Å². The van der Waals surface area contributed by atoms with Crippen LogP contribution >= 0.6 is 0 Å². The molecule has 0 aliphatic heterocycles. The van der Waals surface area contributed by atoms with Crippen molar-refractivity contribution >= 4 is 95.5 Å². The van der Waals surface area contributed by atoms with E-state index in [1.807, 2.05) is 0 Å². The Bertz CT molecular complexity index is 1750. The number of hydrogen-bond acceptors (Lipinski definition) is 16. The second-order valence-corrected chi connectivity index (χ2v) is 27.3. The molecule has 0 aromatic rings. The molecule has 0 heterocycles. The summed E-state index contributed by atoms with van der Waals surface area (Å²) in [4.78, 5) is 162. The molecule has 32 nitrogen and oxygen atoms in total. The fourth-order valence-corrected chi connectivity index (χ4v) is 10.1. The van der Waals surface area contributed by atoms with E-state index in [0.717, 1.165) is 308 Å². The van der Waals surface area contributed by atoms with Crippen LogP contribution in [-0.2, 0) is 76.7 Å². The highest BCUT2D eigenvalue weighted by Gasteiger charge is 2.07. The van der Waals surface area contributed by atoms with Crippen LogP contribution in [0.4, 0.5) is 0 Å². The Morgan fingerprint density at radius 1 is 0.0965 bits per heavy atom. The van der Waals surface area contributed by atoms with E-state index in [1.54, 1.807) is 0 Å². The number of carboxylic acids is 16. The van der Waals surface area contributed by atoms with E-state index in [9.17, 15) is 76.7 Å². The number of aliphatic carboxylic acids is 16. The van der Waals surface area contributed by atoms with Gasteiger partial charge in [0.2, 0.25) is 0 Å². The van der Waals surface area contributed by atoms with E-state index in [0.29, 0.717) is 0 Å². The molecule has 0 amide bonds. The molecular formula is C82H148O32. The lowest BCUT2D eigenvalue weighted by molar-refractivity contribution is -0.138. The van der Waals surface area contributed by atoms with Crippen LogP contribution in [0, 0.1) is 0 Å². The van der Waals surface area contributed by atoms with Crippen molar-refractivity contribution < 1.29 is 158 Å². The smallest absolute Gasteiger partial charge is 0.303 e. The molecule has 0 atom stereocenters. The average Bonchev–Trinajstić information content (AvgIpc) is 1.60. The monoisotopic (exact) mass is 1640 g/mol. The zero-order valence-electron chi connectivity index (χ0n) is 68.4. The average molecular weight is 1650 g/mol. The first-order chi connectivity index (χ1) is 54.0. The van der Waals surface area contributed by atoms with E-state index < -0.39 is 95.5 Å². The third-order valence-corrected chi connectivity index (χ3v) is 16.3. The van der Waals surface area contributed by atoms with E-state index in [2.05, 4.69) is 13.2 Å². The molecule has 0 unspecified atom stereocenters. The van der Waals surface area contributed by atoms with Crippen molar-refractivity contribution in [3.8, 4) is 0 Å². The van der Waals surface area contributed by atoms with Gasteiger partial charge in [-0.15, -0.1) is 13.2 Å². The predicted molar refractivity (Wildman–Crippen MR) is 429 cm³/mol. The lowest BCUT2D eigenvalue weighted by Crippen LogP contribution is -1.94. The second-order valence-electron chi connectivity index (χ2n) is 27.3. The largest absolute Gasteiger partial charge is 0.481 e. The second kappa shape index (κ2) is 104. The van der Waals surface area contributed by atoms with Gasteiger partial charge in [0, 0.05) is 103 Å². The van der Waals surface area contributed by atoms with E-state index >= 15 is 0 Å². The first-order valence-electron chi connectivity index (χ1n) is 41.0. The molecule has 0 aliphatic carbocycles. The molecule has 0 aliphatic rings. The summed E-state index contributed by atoms with van der Waals surface area (Å²) in [5.74, 6) is -11.8. The Balaban J connectivity index is -0.000000157. The van der Waals surface area contributed by atoms with Gasteiger partial charge < -0.3 is 81.7 Å². The Labute approximate surface area is 675 Å². The summed E-state index contributed by atoms with van der Waals surface area (Å²) in [6.07, 6.45) is 46.6. The molecule has 0 bridgehead atoms. The van der Waals surface area contributed by atoms with Crippen LogP contribution in [0.25, 0.3) is 0 Å². The summed E-state index contributed by atoms with van der Waals surface area (Å²) in [7, 11) is 0. The first kappa shape index (κ1) is 123. The van der Waals surface area contributed by atoms with Gasteiger partial charge in [0.1, 0.15) is 0 Å². The van der Waals surface area contributed by atoms with Crippen molar-refractivity contribution in [3.05, 3.63) is 13.2 Å². The number of rotatable bonds is 72. The summed E-state index contributed by atoms with van der Waals surface area (Å²) >= 11 is 0. The van der Waals surface area contributed by atoms with Crippen LogP contribution in [0.1, 0.15) is 411 Å². The summed E-state index contributed by atoms with van der Waals surface area (Å²) in [6, 6.07) is 0. The molecule has 0 aromatic carbocycles. The number of hydrogen-bond donors (Lipinski definition) is 16. The van der Waals surface area contributed by atoms with Gasteiger partial charge in [0.05, 0.1) is 0 Å². The molecule has 0 spiro atoms. The fraction of sp³-hybridized carbons (Fsp3) is 0.780. The minimum absolute atomic E-state index is 0.245. The maximum Gasteiger partial charge on any atom is 0.303 e. The molecule has 0 radical (unpaired) electrons. The van der Waals surface area contributed by atoms with Crippen molar-refractivity contribution in [1.29, 1.82) is 0 Å². The topological polar surface area (TPSA) is 597 Å². The standard InChI is InChI=1S/8C10H18O4.C2H4/c8*11-9(12)7-5-3-1-2-4-6-8-10(13)14;1-2/h8*1-8H2,(H,11,12)(H,13,14);1-2H2. The molecule has 0 aromatic heterocycles. The normalized spacial score (nSPS) is 9.86. The molecule has 114 heavy (non-hydrogen) atoms. The van der Waals surface area contributed by atoms with Gasteiger partial charge in [-0.25, -0.2) is 0 Å². The molecule has 32 heteroatoms. The minimum atomic E-state index is -0.740. The number of carboxylic acid groups (broad SMARTS) is 16. The molecule has 16 N–H and O–H groups in total. The molecule has 0 saturated carbocycles. The first-order valence-corrected chi connectivity index (χ1v) is 41.0. The van der Waals surface area contributed by atoms with Crippen LogP contribution in [0.5, 0.6) is 0 Å². The zero-order valence-corrected chi connectivity index (χ0v) is 68.4.